The van der Waals surface area contributed by atoms with Crippen LogP contribution < -0.4 is 0 Å². The smallest absolute Gasteiger partial charge is 0.352 e. The van der Waals surface area contributed by atoms with Gasteiger partial charge < -0.3 is 5.11 Å². The van der Waals surface area contributed by atoms with Crippen molar-refractivity contribution in [3.8, 4) is 0 Å². The minimum atomic E-state index is -1.11. The molecule has 0 bridgehead atoms. The van der Waals surface area contributed by atoms with Crippen LogP contribution in [0.15, 0.2) is 5.10 Å². The number of carbonyl (C=O) groups is 2. The van der Waals surface area contributed by atoms with Gasteiger partial charge in [-0.05, 0) is 11.8 Å². The highest BCUT2D eigenvalue weighted by atomic mass is 16.4. The summed E-state index contributed by atoms with van der Waals surface area (Å²) in [7, 11) is 0. The third-order valence-electron chi connectivity index (χ3n) is 2.17. The average Bonchev–Trinajstić information content (AvgIpc) is 2.42. The predicted molar refractivity (Wildman–Crippen MR) is 55.5 cm³/mol. The lowest BCUT2D eigenvalue weighted by Gasteiger charge is -2.20. The van der Waals surface area contributed by atoms with Gasteiger partial charge in [0.1, 0.15) is 0 Å². The van der Waals surface area contributed by atoms with Crippen molar-refractivity contribution in [3.05, 3.63) is 0 Å². The molecule has 1 aliphatic rings. The number of carboxylic acids is 1. The molecule has 84 valence electrons. The van der Waals surface area contributed by atoms with Crippen molar-refractivity contribution >= 4 is 17.6 Å². The molecule has 5 nitrogen and oxygen atoms in total. The van der Waals surface area contributed by atoms with E-state index in [4.69, 9.17) is 5.11 Å². The fourth-order valence-corrected chi connectivity index (χ4v) is 1.21. The standard InChI is InChI=1S/C10H16N2O3/c1-10(2,3)4-5-12-8(13)6-7(11-12)9(14)15/h4-6H2,1-3H3,(H,14,15). The fourth-order valence-electron chi connectivity index (χ4n) is 1.21. The van der Waals surface area contributed by atoms with E-state index in [1.807, 2.05) is 0 Å². The Morgan fingerprint density at radius 2 is 2.13 bits per heavy atom. The molecule has 0 aromatic heterocycles. The maximum atomic E-state index is 11.4. The van der Waals surface area contributed by atoms with Crippen molar-refractivity contribution in [1.29, 1.82) is 0 Å². The van der Waals surface area contributed by atoms with Gasteiger partial charge in [-0.2, -0.15) is 5.10 Å². The largest absolute Gasteiger partial charge is 0.477 e. The highest BCUT2D eigenvalue weighted by Gasteiger charge is 2.28. The van der Waals surface area contributed by atoms with Gasteiger partial charge in [-0.15, -0.1) is 0 Å². The SMILES string of the molecule is CC(C)(C)CCN1N=C(C(=O)O)CC1=O. The molecule has 1 heterocycles. The molecule has 1 aliphatic heterocycles. The second-order valence-electron chi connectivity index (χ2n) is 4.86. The van der Waals surface area contributed by atoms with Gasteiger partial charge in [0.15, 0.2) is 5.71 Å². The van der Waals surface area contributed by atoms with Crippen molar-refractivity contribution in [2.24, 2.45) is 10.5 Å². The van der Waals surface area contributed by atoms with Crippen molar-refractivity contribution in [3.63, 3.8) is 0 Å². The maximum Gasteiger partial charge on any atom is 0.352 e. The third-order valence-corrected chi connectivity index (χ3v) is 2.17. The lowest BCUT2D eigenvalue weighted by molar-refractivity contribution is -0.131. The molecule has 0 fully saturated rings. The lowest BCUT2D eigenvalue weighted by Crippen LogP contribution is -2.25. The topological polar surface area (TPSA) is 70.0 Å². The van der Waals surface area contributed by atoms with E-state index < -0.39 is 5.97 Å². The van der Waals surface area contributed by atoms with Gasteiger partial charge >= 0.3 is 5.97 Å². The van der Waals surface area contributed by atoms with Crippen LogP contribution in [0.2, 0.25) is 0 Å². The first-order valence-electron chi connectivity index (χ1n) is 4.91. The van der Waals surface area contributed by atoms with Crippen LogP contribution in [0.1, 0.15) is 33.6 Å². The summed E-state index contributed by atoms with van der Waals surface area (Å²) in [6, 6.07) is 0. The molecule has 0 aromatic rings. The van der Waals surface area contributed by atoms with Gasteiger partial charge in [0.2, 0.25) is 5.91 Å². The zero-order valence-corrected chi connectivity index (χ0v) is 9.28. The Hall–Kier alpha value is -1.39. The Morgan fingerprint density at radius 3 is 2.53 bits per heavy atom. The molecule has 0 spiro atoms. The van der Waals surface area contributed by atoms with E-state index in [1.54, 1.807) is 0 Å². The molecule has 0 radical (unpaired) electrons. The first-order valence-corrected chi connectivity index (χ1v) is 4.91. The van der Waals surface area contributed by atoms with Crippen LogP contribution >= 0.6 is 0 Å². The number of nitrogens with zero attached hydrogens (tertiary/aromatic N) is 2. The summed E-state index contributed by atoms with van der Waals surface area (Å²) in [5.74, 6) is -1.33. The second-order valence-corrected chi connectivity index (χ2v) is 4.86. The summed E-state index contributed by atoms with van der Waals surface area (Å²) in [5, 5.41) is 13.7. The van der Waals surface area contributed by atoms with Crippen molar-refractivity contribution < 1.29 is 14.7 Å². The monoisotopic (exact) mass is 212 g/mol. The van der Waals surface area contributed by atoms with Crippen molar-refractivity contribution in [1.82, 2.24) is 5.01 Å². The van der Waals surface area contributed by atoms with E-state index >= 15 is 0 Å². The summed E-state index contributed by atoms with van der Waals surface area (Å²) in [4.78, 5) is 21.9. The van der Waals surface area contributed by atoms with Gasteiger partial charge in [0.25, 0.3) is 0 Å². The Kier molecular flexibility index (Phi) is 3.12. The molecule has 0 aliphatic carbocycles. The van der Waals surface area contributed by atoms with Gasteiger partial charge in [-0.3, -0.25) is 4.79 Å². The number of hydrogen-bond donors (Lipinski definition) is 1. The molecular weight excluding hydrogens is 196 g/mol. The number of carbonyl (C=O) groups excluding carboxylic acids is 1. The van der Waals surface area contributed by atoms with Crippen LogP contribution in [0.4, 0.5) is 0 Å². The number of hydrazone groups is 1. The summed E-state index contributed by atoms with van der Waals surface area (Å²) >= 11 is 0. The number of aliphatic carboxylic acids is 1. The van der Waals surface area contributed by atoms with Crippen LogP contribution in [0.25, 0.3) is 0 Å². The first kappa shape index (κ1) is 11.7. The molecule has 1 amide bonds. The molecule has 1 rings (SSSR count). The Labute approximate surface area is 88.8 Å². The van der Waals surface area contributed by atoms with E-state index in [-0.39, 0.29) is 23.5 Å². The number of hydrogen-bond acceptors (Lipinski definition) is 3. The molecule has 5 heteroatoms. The van der Waals surface area contributed by atoms with E-state index in [2.05, 4.69) is 25.9 Å². The summed E-state index contributed by atoms with van der Waals surface area (Å²) in [6.45, 7) is 6.68. The highest BCUT2D eigenvalue weighted by Crippen LogP contribution is 2.20. The quantitative estimate of drug-likeness (QED) is 0.761. The van der Waals surface area contributed by atoms with Crippen molar-refractivity contribution in [2.75, 3.05) is 6.54 Å². The van der Waals surface area contributed by atoms with Crippen molar-refractivity contribution in [2.45, 2.75) is 33.6 Å². The van der Waals surface area contributed by atoms with E-state index in [1.165, 1.54) is 5.01 Å². The lowest BCUT2D eigenvalue weighted by atomic mass is 9.92. The number of rotatable bonds is 3. The van der Waals surface area contributed by atoms with E-state index in [0.29, 0.717) is 6.54 Å². The Balaban J connectivity index is 2.57. The van der Waals surface area contributed by atoms with Crippen LogP contribution in [-0.2, 0) is 9.59 Å². The van der Waals surface area contributed by atoms with Gasteiger partial charge in [0, 0.05) is 6.54 Å². The molecule has 0 aromatic carbocycles. The Bertz CT molecular complexity index is 315. The molecule has 15 heavy (non-hydrogen) atoms. The van der Waals surface area contributed by atoms with Crippen LogP contribution in [-0.4, -0.2) is 34.2 Å². The van der Waals surface area contributed by atoms with E-state index in [0.717, 1.165) is 6.42 Å². The molecule has 1 N–H and O–H groups in total. The van der Waals surface area contributed by atoms with Crippen LogP contribution in [0, 0.1) is 5.41 Å². The third kappa shape index (κ3) is 3.34. The van der Waals surface area contributed by atoms with Gasteiger partial charge in [0.05, 0.1) is 6.42 Å². The molecule has 0 unspecified atom stereocenters. The van der Waals surface area contributed by atoms with Crippen LogP contribution in [0.3, 0.4) is 0 Å². The fraction of sp³-hybridized carbons (Fsp3) is 0.700. The predicted octanol–water partition coefficient (Wildman–Crippen LogP) is 1.10. The maximum absolute atomic E-state index is 11.4. The highest BCUT2D eigenvalue weighted by molar-refractivity contribution is 6.40. The first-order chi connectivity index (χ1) is 6.79. The summed E-state index contributed by atoms with van der Waals surface area (Å²) in [5.41, 5.74) is 0.0517. The summed E-state index contributed by atoms with van der Waals surface area (Å²) < 4.78 is 0. The minimum absolute atomic E-state index is 0.0612. The zero-order valence-electron chi connectivity index (χ0n) is 9.28. The molecule has 0 atom stereocenters. The molecule has 0 saturated carbocycles. The van der Waals surface area contributed by atoms with E-state index in [9.17, 15) is 9.59 Å². The summed E-state index contributed by atoms with van der Waals surface area (Å²) in [6.07, 6.45) is 0.717. The van der Waals surface area contributed by atoms with Gasteiger partial charge in [-0.1, -0.05) is 20.8 Å². The normalized spacial score (nSPS) is 16.9. The number of amides is 1. The van der Waals surface area contributed by atoms with Gasteiger partial charge in [-0.25, -0.2) is 9.80 Å². The molecule has 0 saturated heterocycles. The molecular formula is C10H16N2O3. The second kappa shape index (κ2) is 4.00. The minimum Gasteiger partial charge on any atom is -0.477 e. The zero-order chi connectivity index (χ0) is 11.6. The average molecular weight is 212 g/mol. The number of carboxylic acid groups (broad SMARTS) is 1. The Morgan fingerprint density at radius 1 is 1.53 bits per heavy atom. The van der Waals surface area contributed by atoms with Crippen LogP contribution in [0.5, 0.6) is 0 Å².